The van der Waals surface area contributed by atoms with E-state index in [1.807, 2.05) is 37.3 Å². The first-order valence-corrected chi connectivity index (χ1v) is 4.10. The van der Waals surface area contributed by atoms with Crippen molar-refractivity contribution >= 4 is 5.78 Å². The Morgan fingerprint density at radius 3 is 2.50 bits per heavy atom. The van der Waals surface area contributed by atoms with Gasteiger partial charge in [-0.1, -0.05) is 37.3 Å². The van der Waals surface area contributed by atoms with Gasteiger partial charge in [-0.2, -0.15) is 0 Å². The van der Waals surface area contributed by atoms with Crippen LogP contribution >= 0.6 is 0 Å². The van der Waals surface area contributed by atoms with Gasteiger partial charge < -0.3 is 0 Å². The predicted octanol–water partition coefficient (Wildman–Crippen LogP) is 2.27. The summed E-state index contributed by atoms with van der Waals surface area (Å²) in [5.74, 6) is 0.0475. The van der Waals surface area contributed by atoms with Gasteiger partial charge in [0, 0.05) is 12.8 Å². The van der Waals surface area contributed by atoms with E-state index in [-0.39, 0.29) is 11.7 Å². The molecule has 0 aliphatic carbocycles. The minimum atomic E-state index is 0.0128. The molecule has 1 heteroatoms. The maximum absolute atomic E-state index is 10.8. The van der Waals surface area contributed by atoms with Gasteiger partial charge in [-0.25, -0.2) is 0 Å². The average Bonchev–Trinajstić information content (AvgIpc) is 2.06. The van der Waals surface area contributed by atoms with E-state index < -0.39 is 0 Å². The second-order valence-electron chi connectivity index (χ2n) is 3.06. The molecule has 1 aromatic rings. The van der Waals surface area contributed by atoms with Gasteiger partial charge in [0.2, 0.25) is 0 Å². The number of ketones is 1. The van der Waals surface area contributed by atoms with E-state index in [0.29, 0.717) is 0 Å². The fourth-order valence-corrected chi connectivity index (χ4v) is 1.08. The molecule has 0 aliphatic heterocycles. The van der Waals surface area contributed by atoms with Crippen LogP contribution in [0.4, 0.5) is 0 Å². The van der Waals surface area contributed by atoms with Crippen LogP contribution in [-0.4, -0.2) is 5.78 Å². The Labute approximate surface area is 73.4 Å². The lowest BCUT2D eigenvalue weighted by atomic mass is 9.98. The topological polar surface area (TPSA) is 17.1 Å². The third-order valence-corrected chi connectivity index (χ3v) is 1.93. The molecule has 0 amide bonds. The number of benzene rings is 1. The largest absolute Gasteiger partial charge is 0.299 e. The average molecular weight is 161 g/mol. The summed E-state index contributed by atoms with van der Waals surface area (Å²) in [6.45, 7) is 5.30. The smallest absolute Gasteiger partial charge is 0.136 e. The molecule has 0 bridgehead atoms. The molecule has 0 aromatic heterocycles. The van der Waals surface area contributed by atoms with Crippen LogP contribution in [0.5, 0.6) is 0 Å². The lowest BCUT2D eigenvalue weighted by Crippen LogP contribution is -2.09. The van der Waals surface area contributed by atoms with Crippen molar-refractivity contribution in [3.8, 4) is 0 Å². The Morgan fingerprint density at radius 2 is 2.00 bits per heavy atom. The number of hydrogen-bond acceptors (Lipinski definition) is 1. The van der Waals surface area contributed by atoms with E-state index >= 15 is 0 Å². The molecule has 1 unspecified atom stereocenters. The standard InChI is InChI=1S/C11H13O/c1-9(10(2)12)8-11-6-4-3-5-7-11/h3-7,9H,2,8H2,1H3. The third-order valence-electron chi connectivity index (χ3n) is 1.93. The molecule has 1 aromatic carbocycles. The van der Waals surface area contributed by atoms with Crippen molar-refractivity contribution in [1.82, 2.24) is 0 Å². The van der Waals surface area contributed by atoms with Gasteiger partial charge in [-0.3, -0.25) is 4.79 Å². The lowest BCUT2D eigenvalue weighted by Gasteiger charge is -2.06. The van der Waals surface area contributed by atoms with Crippen molar-refractivity contribution < 1.29 is 4.79 Å². The van der Waals surface area contributed by atoms with E-state index in [2.05, 4.69) is 6.92 Å². The van der Waals surface area contributed by atoms with Crippen molar-refractivity contribution in [1.29, 1.82) is 0 Å². The molecule has 0 spiro atoms. The zero-order valence-electron chi connectivity index (χ0n) is 7.29. The molecule has 0 aliphatic rings. The number of rotatable bonds is 3. The summed E-state index contributed by atoms with van der Waals surface area (Å²) in [5, 5.41) is 0. The zero-order valence-corrected chi connectivity index (χ0v) is 7.29. The monoisotopic (exact) mass is 161 g/mol. The van der Waals surface area contributed by atoms with Crippen molar-refractivity contribution in [2.24, 2.45) is 5.92 Å². The highest BCUT2D eigenvalue weighted by atomic mass is 16.1. The molecule has 1 radical (unpaired) electrons. The predicted molar refractivity (Wildman–Crippen MR) is 49.7 cm³/mol. The fourth-order valence-electron chi connectivity index (χ4n) is 1.08. The van der Waals surface area contributed by atoms with Gasteiger partial charge in [0.1, 0.15) is 5.78 Å². The number of carbonyl (C=O) groups is 1. The van der Waals surface area contributed by atoms with E-state index in [0.717, 1.165) is 6.42 Å². The van der Waals surface area contributed by atoms with Crippen molar-refractivity contribution in [2.45, 2.75) is 13.3 Å². The van der Waals surface area contributed by atoms with Crippen molar-refractivity contribution in [2.75, 3.05) is 0 Å². The van der Waals surface area contributed by atoms with Gasteiger partial charge in [-0.05, 0) is 12.0 Å². The van der Waals surface area contributed by atoms with Crippen LogP contribution in [0.3, 0.4) is 0 Å². The Bertz CT molecular complexity index is 251. The van der Waals surface area contributed by atoms with E-state index in [4.69, 9.17) is 0 Å². The SMILES string of the molecule is [CH2]C(=O)C(C)Cc1ccccc1. The van der Waals surface area contributed by atoms with Crippen LogP contribution in [0.2, 0.25) is 0 Å². The summed E-state index contributed by atoms with van der Waals surface area (Å²) < 4.78 is 0. The Hall–Kier alpha value is -1.11. The van der Waals surface area contributed by atoms with E-state index in [9.17, 15) is 4.79 Å². The Kier molecular flexibility index (Phi) is 3.03. The molecule has 63 valence electrons. The molecular formula is C11H13O. The second-order valence-corrected chi connectivity index (χ2v) is 3.06. The molecule has 0 heterocycles. The summed E-state index contributed by atoms with van der Waals surface area (Å²) in [6.07, 6.45) is 0.795. The molecule has 0 saturated carbocycles. The first-order chi connectivity index (χ1) is 5.70. The van der Waals surface area contributed by atoms with Crippen LogP contribution in [0.1, 0.15) is 12.5 Å². The summed E-state index contributed by atoms with van der Waals surface area (Å²) in [4.78, 5) is 10.8. The Balaban J connectivity index is 2.58. The van der Waals surface area contributed by atoms with Gasteiger partial charge in [-0.15, -0.1) is 0 Å². The summed E-state index contributed by atoms with van der Waals surface area (Å²) >= 11 is 0. The minimum Gasteiger partial charge on any atom is -0.299 e. The van der Waals surface area contributed by atoms with E-state index in [1.54, 1.807) is 0 Å². The Morgan fingerprint density at radius 1 is 1.42 bits per heavy atom. The molecular weight excluding hydrogens is 148 g/mol. The van der Waals surface area contributed by atoms with E-state index in [1.165, 1.54) is 5.56 Å². The third kappa shape index (κ3) is 2.50. The van der Waals surface area contributed by atoms with Gasteiger partial charge in [0.15, 0.2) is 0 Å². The molecule has 1 atom stereocenters. The highest BCUT2D eigenvalue weighted by molar-refractivity contribution is 5.84. The van der Waals surface area contributed by atoms with Gasteiger partial charge in [0.05, 0.1) is 0 Å². The van der Waals surface area contributed by atoms with Crippen LogP contribution in [0.15, 0.2) is 30.3 Å². The lowest BCUT2D eigenvalue weighted by molar-refractivity contribution is -0.117. The molecule has 0 saturated heterocycles. The van der Waals surface area contributed by atoms with Gasteiger partial charge >= 0.3 is 0 Å². The molecule has 0 N–H and O–H groups in total. The maximum atomic E-state index is 10.8. The quantitative estimate of drug-likeness (QED) is 0.664. The van der Waals surface area contributed by atoms with Crippen LogP contribution in [0, 0.1) is 12.8 Å². The van der Waals surface area contributed by atoms with Crippen LogP contribution in [0.25, 0.3) is 0 Å². The second kappa shape index (κ2) is 4.05. The summed E-state index contributed by atoms with van der Waals surface area (Å²) in [7, 11) is 0. The molecule has 1 rings (SSSR count). The van der Waals surface area contributed by atoms with Gasteiger partial charge in [0.25, 0.3) is 0 Å². The summed E-state index contributed by atoms with van der Waals surface area (Å²) in [6, 6.07) is 9.99. The summed E-state index contributed by atoms with van der Waals surface area (Å²) in [5.41, 5.74) is 1.20. The molecule has 1 nitrogen and oxygen atoms in total. The highest BCUT2D eigenvalue weighted by Gasteiger charge is 2.07. The minimum absolute atomic E-state index is 0.0128. The normalized spacial score (nSPS) is 12.5. The molecule has 0 fully saturated rings. The van der Waals surface area contributed by atoms with Crippen molar-refractivity contribution in [3.05, 3.63) is 42.8 Å². The number of hydrogen-bond donors (Lipinski definition) is 0. The maximum Gasteiger partial charge on any atom is 0.136 e. The molecule has 12 heavy (non-hydrogen) atoms. The fraction of sp³-hybridized carbons (Fsp3) is 0.273. The van der Waals surface area contributed by atoms with Crippen LogP contribution < -0.4 is 0 Å². The first-order valence-electron chi connectivity index (χ1n) is 4.10. The van der Waals surface area contributed by atoms with Crippen LogP contribution in [-0.2, 0) is 11.2 Å². The first kappa shape index (κ1) is 8.98. The highest BCUT2D eigenvalue weighted by Crippen LogP contribution is 2.08. The number of carbonyl (C=O) groups excluding carboxylic acids is 1. The zero-order chi connectivity index (χ0) is 8.97. The number of Topliss-reactive ketones (excluding diaryl/α,β-unsaturated/α-hetero) is 1. The van der Waals surface area contributed by atoms with Crippen molar-refractivity contribution in [3.63, 3.8) is 0 Å².